The van der Waals surface area contributed by atoms with Gasteiger partial charge >= 0.3 is 6.09 Å². The predicted molar refractivity (Wildman–Crippen MR) is 156 cm³/mol. The van der Waals surface area contributed by atoms with E-state index in [1.165, 1.54) is 0 Å². The number of carbonyl (C=O) groups is 1. The molecular formula is C31H35N3O5S. The Hall–Kier alpha value is -4.00. The number of alkyl carbamates (subject to hydrolysis) is 1. The summed E-state index contributed by atoms with van der Waals surface area (Å²) in [5, 5.41) is 3.04. The molecule has 0 aromatic heterocycles. The second kappa shape index (κ2) is 13.9. The van der Waals surface area contributed by atoms with Gasteiger partial charge in [0.1, 0.15) is 18.1 Å². The van der Waals surface area contributed by atoms with E-state index in [4.69, 9.17) is 9.47 Å². The van der Waals surface area contributed by atoms with Crippen molar-refractivity contribution in [3.05, 3.63) is 90.0 Å². The molecule has 2 unspecified atom stereocenters. The molecule has 1 fully saturated rings. The minimum absolute atomic E-state index is 0.0398. The highest BCUT2D eigenvalue weighted by molar-refractivity contribution is 7.92. The maximum atomic E-state index is 12.4. The predicted octanol–water partition coefficient (Wildman–Crippen LogP) is 5.52. The second-order valence-electron chi connectivity index (χ2n) is 9.83. The Morgan fingerprint density at radius 2 is 1.65 bits per heavy atom. The Kier molecular flexibility index (Phi) is 10.1. The molecule has 8 nitrogen and oxygen atoms in total. The van der Waals surface area contributed by atoms with Gasteiger partial charge in [-0.2, -0.15) is 0 Å². The Balaban J connectivity index is 1.29. The number of carbonyl (C=O) groups excluding carboxylic acids is 1. The van der Waals surface area contributed by atoms with E-state index < -0.39 is 10.0 Å². The molecule has 9 heteroatoms. The Morgan fingerprint density at radius 1 is 0.975 bits per heavy atom. The van der Waals surface area contributed by atoms with Crippen LogP contribution in [-0.2, 0) is 27.9 Å². The van der Waals surface area contributed by atoms with Crippen LogP contribution in [0.15, 0.2) is 78.9 Å². The van der Waals surface area contributed by atoms with E-state index in [9.17, 15) is 13.2 Å². The van der Waals surface area contributed by atoms with Crippen LogP contribution in [0.1, 0.15) is 37.3 Å². The highest BCUT2D eigenvalue weighted by Crippen LogP contribution is 2.26. The number of piperidine rings is 1. The highest BCUT2D eigenvalue weighted by atomic mass is 32.2. The van der Waals surface area contributed by atoms with Crippen molar-refractivity contribution in [1.82, 2.24) is 10.2 Å². The summed E-state index contributed by atoms with van der Waals surface area (Å²) in [6.07, 6.45) is 3.10. The van der Waals surface area contributed by atoms with Crippen LogP contribution in [0.5, 0.6) is 11.5 Å². The minimum atomic E-state index is -3.32. The van der Waals surface area contributed by atoms with Crippen LogP contribution in [0.3, 0.4) is 0 Å². The molecule has 0 aliphatic carbocycles. The molecule has 1 saturated heterocycles. The highest BCUT2D eigenvalue weighted by Gasteiger charge is 2.29. The quantitative estimate of drug-likeness (QED) is 0.316. The van der Waals surface area contributed by atoms with Crippen LogP contribution in [0.4, 0.5) is 10.5 Å². The number of hydrogen-bond donors (Lipinski definition) is 2. The molecule has 1 amide bonds. The van der Waals surface area contributed by atoms with Gasteiger partial charge in [0.25, 0.3) is 0 Å². The summed E-state index contributed by atoms with van der Waals surface area (Å²) >= 11 is 0. The number of hydrogen-bond acceptors (Lipinski definition) is 6. The molecule has 0 bridgehead atoms. The molecule has 2 N–H and O–H groups in total. The van der Waals surface area contributed by atoms with E-state index in [2.05, 4.69) is 26.8 Å². The lowest BCUT2D eigenvalue weighted by atomic mass is 9.94. The van der Waals surface area contributed by atoms with Crippen LogP contribution in [-0.4, -0.2) is 44.3 Å². The first-order valence-electron chi connectivity index (χ1n) is 13.2. The van der Waals surface area contributed by atoms with Crippen LogP contribution >= 0.6 is 0 Å². The van der Waals surface area contributed by atoms with Crippen molar-refractivity contribution in [2.24, 2.45) is 0 Å². The number of anilines is 1. The van der Waals surface area contributed by atoms with E-state index in [0.717, 1.165) is 49.7 Å². The number of benzene rings is 3. The third-order valence-electron chi connectivity index (χ3n) is 6.59. The summed E-state index contributed by atoms with van der Waals surface area (Å²) in [5.41, 5.74) is 2.60. The van der Waals surface area contributed by atoms with Gasteiger partial charge in [-0.15, -0.1) is 11.8 Å². The van der Waals surface area contributed by atoms with Crippen molar-refractivity contribution >= 4 is 21.8 Å². The van der Waals surface area contributed by atoms with Crippen molar-refractivity contribution in [2.75, 3.05) is 17.5 Å². The van der Waals surface area contributed by atoms with Crippen molar-refractivity contribution in [2.45, 2.75) is 51.4 Å². The topological polar surface area (TPSA) is 97.0 Å². The summed E-state index contributed by atoms with van der Waals surface area (Å²) in [4.78, 5) is 14.8. The van der Waals surface area contributed by atoms with E-state index in [1.54, 1.807) is 24.3 Å². The Bertz CT molecular complexity index is 1420. The third kappa shape index (κ3) is 9.33. The van der Waals surface area contributed by atoms with Gasteiger partial charge in [-0.25, -0.2) is 13.2 Å². The maximum absolute atomic E-state index is 12.4. The van der Waals surface area contributed by atoms with Crippen LogP contribution < -0.4 is 14.8 Å². The van der Waals surface area contributed by atoms with Gasteiger partial charge in [-0.1, -0.05) is 42.5 Å². The van der Waals surface area contributed by atoms with Gasteiger partial charge in [0, 0.05) is 37.3 Å². The number of amides is 1. The van der Waals surface area contributed by atoms with Crippen molar-refractivity contribution in [1.29, 1.82) is 0 Å². The van der Waals surface area contributed by atoms with Gasteiger partial charge in [0.15, 0.2) is 0 Å². The first-order chi connectivity index (χ1) is 19.3. The zero-order valence-electron chi connectivity index (χ0n) is 22.8. The van der Waals surface area contributed by atoms with Crippen molar-refractivity contribution in [3.8, 4) is 23.3 Å². The number of likely N-dealkylation sites (tertiary alicyclic amines) is 1. The van der Waals surface area contributed by atoms with Crippen molar-refractivity contribution in [3.63, 3.8) is 0 Å². The Morgan fingerprint density at radius 3 is 2.30 bits per heavy atom. The lowest BCUT2D eigenvalue weighted by Crippen LogP contribution is -2.49. The summed E-state index contributed by atoms with van der Waals surface area (Å²) in [6.45, 7) is 3.71. The van der Waals surface area contributed by atoms with E-state index in [1.807, 2.05) is 61.5 Å². The lowest BCUT2D eigenvalue weighted by molar-refractivity contribution is 0.103. The molecule has 40 heavy (non-hydrogen) atoms. The molecule has 0 spiro atoms. The second-order valence-corrected chi connectivity index (χ2v) is 11.6. The standard InChI is InChI=1S/C31H35N3O5S/c1-3-4-10-28-21-27(32-31(35)38-23-25-8-6-5-7-9-25)19-20-34(28)22-24-11-15-29(16-12-24)39-30-17-13-26(14-18-30)33-40(2,36)37/h5-9,11-18,27-28,33H,10,19-23H2,1-2H3,(H,32,35). The first kappa shape index (κ1) is 29.0. The number of sulfonamides is 1. The third-order valence-corrected chi connectivity index (χ3v) is 7.20. The summed E-state index contributed by atoms with van der Waals surface area (Å²) in [6, 6.07) is 24.6. The smallest absolute Gasteiger partial charge is 0.407 e. The number of nitrogens with zero attached hydrogens (tertiary/aromatic N) is 1. The SMILES string of the molecule is CC#CCC1CC(NC(=O)OCc2ccccc2)CCN1Cc1ccc(Oc2ccc(NS(C)(=O)=O)cc2)cc1. The summed E-state index contributed by atoms with van der Waals surface area (Å²) in [5.74, 6) is 7.52. The molecule has 3 aromatic rings. The molecule has 1 heterocycles. The summed E-state index contributed by atoms with van der Waals surface area (Å²) < 4.78 is 36.5. The van der Waals surface area contributed by atoms with Gasteiger partial charge in [0.2, 0.25) is 10.0 Å². The maximum Gasteiger partial charge on any atom is 0.407 e. The van der Waals surface area contributed by atoms with Crippen LogP contribution in [0.25, 0.3) is 0 Å². The molecule has 210 valence electrons. The lowest BCUT2D eigenvalue weighted by Gasteiger charge is -2.39. The normalized spacial score (nSPS) is 17.2. The molecule has 0 radical (unpaired) electrons. The van der Waals surface area contributed by atoms with Gasteiger partial charge < -0.3 is 14.8 Å². The summed E-state index contributed by atoms with van der Waals surface area (Å²) in [7, 11) is -3.32. The van der Waals surface area contributed by atoms with E-state index >= 15 is 0 Å². The fourth-order valence-corrected chi connectivity index (χ4v) is 5.21. The zero-order valence-corrected chi connectivity index (χ0v) is 23.6. The van der Waals surface area contributed by atoms with E-state index in [-0.39, 0.29) is 24.8 Å². The average molecular weight is 562 g/mol. The largest absolute Gasteiger partial charge is 0.457 e. The zero-order chi connectivity index (χ0) is 28.4. The minimum Gasteiger partial charge on any atom is -0.457 e. The average Bonchev–Trinajstić information content (AvgIpc) is 2.94. The van der Waals surface area contributed by atoms with Gasteiger partial charge in [-0.3, -0.25) is 9.62 Å². The van der Waals surface area contributed by atoms with Crippen LogP contribution in [0, 0.1) is 11.8 Å². The monoisotopic (exact) mass is 561 g/mol. The molecule has 0 saturated carbocycles. The number of ether oxygens (including phenoxy) is 2. The van der Waals surface area contributed by atoms with Crippen LogP contribution in [0.2, 0.25) is 0 Å². The fraction of sp³-hybridized carbons (Fsp3) is 0.323. The molecule has 3 aromatic carbocycles. The molecule has 2 atom stereocenters. The van der Waals surface area contributed by atoms with Crippen molar-refractivity contribution < 1.29 is 22.7 Å². The van der Waals surface area contributed by atoms with Gasteiger partial charge in [0.05, 0.1) is 6.26 Å². The molecule has 4 rings (SSSR count). The number of rotatable bonds is 10. The van der Waals surface area contributed by atoms with Gasteiger partial charge in [-0.05, 0) is 67.3 Å². The molecular weight excluding hydrogens is 526 g/mol. The first-order valence-corrected chi connectivity index (χ1v) is 15.1. The Labute approximate surface area is 236 Å². The van der Waals surface area contributed by atoms with E-state index in [0.29, 0.717) is 17.2 Å². The molecule has 1 aliphatic rings. The fourth-order valence-electron chi connectivity index (χ4n) is 4.64. The molecule has 1 aliphatic heterocycles. The number of nitrogens with one attached hydrogen (secondary N) is 2.